The molecule has 3 nitrogen and oxygen atoms in total. The van der Waals surface area contributed by atoms with Crippen LogP contribution in [0.4, 0.5) is 4.79 Å². The Balaban J connectivity index is 2.11. The lowest BCUT2D eigenvalue weighted by atomic mass is 9.83. The molecule has 3 heteroatoms. The first-order valence-corrected chi connectivity index (χ1v) is 4.66. The van der Waals surface area contributed by atoms with Gasteiger partial charge in [-0.15, -0.1) is 0 Å². The third-order valence-electron chi connectivity index (χ3n) is 3.59. The zero-order chi connectivity index (χ0) is 8.77. The van der Waals surface area contributed by atoms with E-state index in [4.69, 9.17) is 5.73 Å². The molecule has 68 valence electrons. The van der Waals surface area contributed by atoms with Crippen LogP contribution in [0.15, 0.2) is 0 Å². The molecule has 1 aliphatic carbocycles. The van der Waals surface area contributed by atoms with Gasteiger partial charge in [0.1, 0.15) is 0 Å². The second-order valence-corrected chi connectivity index (χ2v) is 4.46. The van der Waals surface area contributed by atoms with Crippen LogP contribution >= 0.6 is 0 Å². The molecule has 2 aliphatic rings. The summed E-state index contributed by atoms with van der Waals surface area (Å²) >= 11 is 0. The number of nitrogens with two attached hydrogens (primary N) is 1. The average Bonchev–Trinajstić information content (AvgIpc) is 2.41. The van der Waals surface area contributed by atoms with E-state index in [9.17, 15) is 4.79 Å². The second-order valence-electron chi connectivity index (χ2n) is 4.46. The van der Waals surface area contributed by atoms with Crippen molar-refractivity contribution in [1.82, 2.24) is 4.90 Å². The topological polar surface area (TPSA) is 46.3 Å². The summed E-state index contributed by atoms with van der Waals surface area (Å²) in [5.74, 6) is 0.713. The third kappa shape index (κ3) is 0.993. The molecule has 1 saturated heterocycles. The minimum Gasteiger partial charge on any atom is -0.351 e. The zero-order valence-corrected chi connectivity index (χ0v) is 7.55. The maximum atomic E-state index is 10.9. The highest BCUT2D eigenvalue weighted by atomic mass is 16.2. The number of carbonyl (C=O) groups is 1. The number of likely N-dealkylation sites (tertiary alicyclic amines) is 1. The molecule has 2 N–H and O–H groups in total. The van der Waals surface area contributed by atoms with Gasteiger partial charge in [0.25, 0.3) is 0 Å². The molecule has 1 heterocycles. The number of nitrogens with zero attached hydrogens (tertiary/aromatic N) is 1. The first kappa shape index (κ1) is 7.90. The van der Waals surface area contributed by atoms with E-state index < -0.39 is 0 Å². The lowest BCUT2D eigenvalue weighted by Crippen LogP contribution is -2.35. The fraction of sp³-hybridized carbons (Fsp3) is 0.889. The molecular formula is C9H16N2O. The van der Waals surface area contributed by atoms with Crippen LogP contribution in [0.3, 0.4) is 0 Å². The molecule has 0 aromatic carbocycles. The smallest absolute Gasteiger partial charge is 0.314 e. The largest absolute Gasteiger partial charge is 0.351 e. The number of rotatable bonds is 0. The van der Waals surface area contributed by atoms with Gasteiger partial charge in [-0.25, -0.2) is 4.79 Å². The summed E-state index contributed by atoms with van der Waals surface area (Å²) in [6.45, 7) is 4.06. The predicted molar refractivity (Wildman–Crippen MR) is 46.6 cm³/mol. The SMILES string of the molecule is C[C@]12CCCC1CN(C(N)=O)C2. The fourth-order valence-electron chi connectivity index (χ4n) is 2.76. The number of hydrogen-bond acceptors (Lipinski definition) is 1. The van der Waals surface area contributed by atoms with Crippen molar-refractivity contribution in [2.24, 2.45) is 17.1 Å². The Kier molecular flexibility index (Phi) is 1.56. The maximum absolute atomic E-state index is 10.9. The molecule has 1 saturated carbocycles. The van der Waals surface area contributed by atoms with E-state index in [1.165, 1.54) is 19.3 Å². The Morgan fingerprint density at radius 2 is 2.42 bits per heavy atom. The van der Waals surface area contributed by atoms with E-state index >= 15 is 0 Å². The van der Waals surface area contributed by atoms with Crippen molar-refractivity contribution in [3.05, 3.63) is 0 Å². The van der Waals surface area contributed by atoms with Crippen molar-refractivity contribution < 1.29 is 4.79 Å². The summed E-state index contributed by atoms with van der Waals surface area (Å²) in [4.78, 5) is 12.7. The summed E-state index contributed by atoms with van der Waals surface area (Å²) < 4.78 is 0. The fourth-order valence-corrected chi connectivity index (χ4v) is 2.76. The van der Waals surface area contributed by atoms with E-state index in [1.54, 1.807) is 4.90 Å². The van der Waals surface area contributed by atoms with E-state index in [-0.39, 0.29) is 6.03 Å². The van der Waals surface area contributed by atoms with Crippen molar-refractivity contribution in [3.63, 3.8) is 0 Å². The molecule has 0 bridgehead atoms. The highest BCUT2D eigenvalue weighted by molar-refractivity contribution is 5.72. The summed E-state index contributed by atoms with van der Waals surface area (Å²) in [6, 6.07) is -0.245. The van der Waals surface area contributed by atoms with Gasteiger partial charge in [0.05, 0.1) is 0 Å². The monoisotopic (exact) mass is 168 g/mol. The molecule has 2 rings (SSSR count). The number of amides is 2. The molecule has 12 heavy (non-hydrogen) atoms. The highest BCUT2D eigenvalue weighted by Gasteiger charge is 2.46. The number of urea groups is 1. The van der Waals surface area contributed by atoms with Gasteiger partial charge in [0, 0.05) is 13.1 Å². The first-order chi connectivity index (χ1) is 5.62. The van der Waals surface area contributed by atoms with Crippen LogP contribution in [0.1, 0.15) is 26.2 Å². The molecule has 0 radical (unpaired) electrons. The van der Waals surface area contributed by atoms with Crippen molar-refractivity contribution in [2.45, 2.75) is 26.2 Å². The van der Waals surface area contributed by atoms with E-state index in [0.29, 0.717) is 11.3 Å². The van der Waals surface area contributed by atoms with Gasteiger partial charge in [-0.1, -0.05) is 13.3 Å². The first-order valence-electron chi connectivity index (χ1n) is 4.66. The average molecular weight is 168 g/mol. The van der Waals surface area contributed by atoms with Crippen LogP contribution in [0.2, 0.25) is 0 Å². The number of hydrogen-bond donors (Lipinski definition) is 1. The predicted octanol–water partition coefficient (Wildman–Crippen LogP) is 1.19. The minimum absolute atomic E-state index is 0.245. The van der Waals surface area contributed by atoms with Crippen molar-refractivity contribution in [2.75, 3.05) is 13.1 Å². The maximum Gasteiger partial charge on any atom is 0.314 e. The van der Waals surface area contributed by atoms with Crippen LogP contribution in [-0.4, -0.2) is 24.0 Å². The van der Waals surface area contributed by atoms with Crippen LogP contribution in [0, 0.1) is 11.3 Å². The molecule has 0 aromatic rings. The van der Waals surface area contributed by atoms with Gasteiger partial charge < -0.3 is 10.6 Å². The normalized spacial score (nSPS) is 40.1. The molecule has 1 unspecified atom stereocenters. The van der Waals surface area contributed by atoms with Crippen molar-refractivity contribution in [3.8, 4) is 0 Å². The standard InChI is InChI=1S/C9H16N2O/c1-9-4-2-3-7(9)5-11(6-9)8(10)12/h7H,2-6H2,1H3,(H2,10,12)/t7?,9-/m1/s1. The Labute approximate surface area is 72.9 Å². The van der Waals surface area contributed by atoms with E-state index in [0.717, 1.165) is 13.1 Å². The molecule has 1 aliphatic heterocycles. The highest BCUT2D eigenvalue weighted by Crippen LogP contribution is 2.47. The van der Waals surface area contributed by atoms with Gasteiger partial charge in [0.15, 0.2) is 0 Å². The second kappa shape index (κ2) is 2.38. The minimum atomic E-state index is -0.245. The Bertz CT molecular complexity index is 217. The van der Waals surface area contributed by atoms with E-state index in [1.807, 2.05) is 0 Å². The molecule has 2 fully saturated rings. The van der Waals surface area contributed by atoms with Gasteiger partial charge in [-0.2, -0.15) is 0 Å². The van der Waals surface area contributed by atoms with Crippen molar-refractivity contribution >= 4 is 6.03 Å². The molecule has 2 amide bonds. The third-order valence-corrected chi connectivity index (χ3v) is 3.59. The lowest BCUT2D eigenvalue weighted by molar-refractivity contribution is 0.210. The summed E-state index contributed by atoms with van der Waals surface area (Å²) in [7, 11) is 0. The molecule has 0 aromatic heterocycles. The lowest BCUT2D eigenvalue weighted by Gasteiger charge is -2.22. The molecule has 0 spiro atoms. The van der Waals surface area contributed by atoms with Crippen LogP contribution in [-0.2, 0) is 0 Å². The van der Waals surface area contributed by atoms with E-state index in [2.05, 4.69) is 6.92 Å². The number of primary amides is 1. The Morgan fingerprint density at radius 1 is 1.67 bits per heavy atom. The Morgan fingerprint density at radius 3 is 3.00 bits per heavy atom. The summed E-state index contributed by atoms with van der Waals surface area (Å²) in [5.41, 5.74) is 5.63. The number of fused-ring (bicyclic) bond motifs is 1. The van der Waals surface area contributed by atoms with Gasteiger partial charge >= 0.3 is 6.03 Å². The van der Waals surface area contributed by atoms with Crippen LogP contribution in [0.25, 0.3) is 0 Å². The van der Waals surface area contributed by atoms with Crippen LogP contribution < -0.4 is 5.73 Å². The summed E-state index contributed by atoms with van der Waals surface area (Å²) in [6.07, 6.45) is 3.87. The van der Waals surface area contributed by atoms with Gasteiger partial charge in [-0.05, 0) is 24.2 Å². The zero-order valence-electron chi connectivity index (χ0n) is 7.55. The Hall–Kier alpha value is -0.730. The number of carbonyl (C=O) groups excluding carboxylic acids is 1. The van der Waals surface area contributed by atoms with Gasteiger partial charge in [0.2, 0.25) is 0 Å². The summed E-state index contributed by atoms with van der Waals surface area (Å²) in [5, 5.41) is 0. The van der Waals surface area contributed by atoms with Gasteiger partial charge in [-0.3, -0.25) is 0 Å². The van der Waals surface area contributed by atoms with Crippen molar-refractivity contribution in [1.29, 1.82) is 0 Å². The van der Waals surface area contributed by atoms with Crippen LogP contribution in [0.5, 0.6) is 0 Å². The molecular weight excluding hydrogens is 152 g/mol. The quantitative estimate of drug-likeness (QED) is 0.580. The molecule has 2 atom stereocenters.